The number of hydrogen-bond acceptors (Lipinski definition) is 4. The molecule has 1 aromatic heterocycles. The molecule has 104 valence electrons. The van der Waals surface area contributed by atoms with Crippen LogP contribution in [0.25, 0.3) is 10.9 Å². The SMILES string of the molecule is CN(C)CCc1c[nH]c2cccc(OP(=O)([O-])O)c12. The Morgan fingerprint density at radius 2 is 2.21 bits per heavy atom. The molecule has 0 aliphatic heterocycles. The van der Waals surface area contributed by atoms with Crippen molar-refractivity contribution in [2.24, 2.45) is 0 Å². The minimum Gasteiger partial charge on any atom is -0.746 e. The third-order valence-electron chi connectivity index (χ3n) is 2.79. The van der Waals surface area contributed by atoms with Crippen molar-refractivity contribution in [3.05, 3.63) is 30.0 Å². The first-order chi connectivity index (χ1) is 8.87. The van der Waals surface area contributed by atoms with Crippen LogP contribution in [0.4, 0.5) is 0 Å². The highest BCUT2D eigenvalue weighted by molar-refractivity contribution is 7.45. The van der Waals surface area contributed by atoms with Gasteiger partial charge in [0.1, 0.15) is 5.75 Å². The maximum absolute atomic E-state index is 10.9. The van der Waals surface area contributed by atoms with Gasteiger partial charge in [-0.15, -0.1) is 0 Å². The number of phosphoric acid groups is 1. The van der Waals surface area contributed by atoms with Gasteiger partial charge in [0, 0.05) is 23.6 Å². The van der Waals surface area contributed by atoms with E-state index in [0.29, 0.717) is 5.39 Å². The van der Waals surface area contributed by atoms with Crippen molar-refractivity contribution in [3.63, 3.8) is 0 Å². The van der Waals surface area contributed by atoms with Crippen LogP contribution < -0.4 is 9.42 Å². The van der Waals surface area contributed by atoms with Gasteiger partial charge >= 0.3 is 7.82 Å². The predicted molar refractivity (Wildman–Crippen MR) is 71.0 cm³/mol. The molecule has 2 N–H and O–H groups in total. The van der Waals surface area contributed by atoms with Crippen LogP contribution in [0, 0.1) is 0 Å². The van der Waals surface area contributed by atoms with Crippen molar-refractivity contribution < 1.29 is 18.9 Å². The first kappa shape index (κ1) is 14.1. The fourth-order valence-electron chi connectivity index (χ4n) is 1.96. The van der Waals surface area contributed by atoms with E-state index < -0.39 is 7.82 Å². The molecule has 0 radical (unpaired) electrons. The number of fused-ring (bicyclic) bond motifs is 1. The molecule has 6 nitrogen and oxygen atoms in total. The average molecular weight is 283 g/mol. The van der Waals surface area contributed by atoms with Crippen LogP contribution in [0.15, 0.2) is 24.4 Å². The molecule has 2 rings (SSSR count). The van der Waals surface area contributed by atoms with Gasteiger partial charge in [-0.1, -0.05) is 6.07 Å². The number of benzene rings is 1. The number of aromatic amines is 1. The molecule has 7 heteroatoms. The Hall–Kier alpha value is -1.33. The van der Waals surface area contributed by atoms with E-state index in [1.54, 1.807) is 6.07 Å². The Morgan fingerprint density at radius 3 is 2.84 bits per heavy atom. The van der Waals surface area contributed by atoms with Crippen LogP contribution in [-0.2, 0) is 11.0 Å². The summed E-state index contributed by atoms with van der Waals surface area (Å²) in [5.74, 6) is 0.147. The van der Waals surface area contributed by atoms with Gasteiger partial charge < -0.3 is 24.2 Å². The molecule has 2 aromatic rings. The summed E-state index contributed by atoms with van der Waals surface area (Å²) in [5.41, 5.74) is 1.73. The highest BCUT2D eigenvalue weighted by Crippen LogP contribution is 2.38. The molecule has 0 amide bonds. The molecule has 0 saturated heterocycles. The lowest BCUT2D eigenvalue weighted by molar-refractivity contribution is -0.211. The lowest BCUT2D eigenvalue weighted by Gasteiger charge is -2.18. The Kier molecular flexibility index (Phi) is 3.96. The van der Waals surface area contributed by atoms with Gasteiger partial charge in [-0.05, 0) is 38.2 Å². The molecule has 0 saturated carbocycles. The minimum absolute atomic E-state index is 0.147. The summed E-state index contributed by atoms with van der Waals surface area (Å²) in [7, 11) is -0.872. The van der Waals surface area contributed by atoms with Gasteiger partial charge in [0.15, 0.2) is 0 Å². The second kappa shape index (κ2) is 5.35. The van der Waals surface area contributed by atoms with Crippen LogP contribution in [0.1, 0.15) is 5.56 Å². The number of hydrogen-bond donors (Lipinski definition) is 2. The van der Waals surface area contributed by atoms with E-state index in [9.17, 15) is 9.46 Å². The largest absolute Gasteiger partial charge is 0.746 e. The van der Waals surface area contributed by atoms with Crippen molar-refractivity contribution in [1.29, 1.82) is 0 Å². The molecular formula is C12H16N2O4P-. The predicted octanol–water partition coefficient (Wildman–Crippen LogP) is 1.11. The lowest BCUT2D eigenvalue weighted by atomic mass is 10.1. The maximum atomic E-state index is 10.9. The molecular weight excluding hydrogens is 267 g/mol. The highest BCUT2D eigenvalue weighted by atomic mass is 31.2. The van der Waals surface area contributed by atoms with Gasteiger partial charge in [0.05, 0.1) is 0 Å². The number of likely N-dealkylation sites (N-methyl/N-ethyl adjacent to an activating group) is 1. The van der Waals surface area contributed by atoms with Gasteiger partial charge in [-0.25, -0.2) is 0 Å². The zero-order chi connectivity index (χ0) is 14.0. The summed E-state index contributed by atoms with van der Waals surface area (Å²) in [4.78, 5) is 24.8. The van der Waals surface area contributed by atoms with E-state index in [2.05, 4.69) is 9.51 Å². The van der Waals surface area contributed by atoms with Gasteiger partial charge in [-0.2, -0.15) is 0 Å². The zero-order valence-electron chi connectivity index (χ0n) is 10.8. The molecule has 1 heterocycles. The molecule has 19 heavy (non-hydrogen) atoms. The smallest absolute Gasteiger partial charge is 0.317 e. The molecule has 1 atom stereocenters. The quantitative estimate of drug-likeness (QED) is 0.802. The van der Waals surface area contributed by atoms with Crippen LogP contribution in [0.2, 0.25) is 0 Å². The molecule has 0 fully saturated rings. The van der Waals surface area contributed by atoms with E-state index in [0.717, 1.165) is 24.0 Å². The molecule has 0 aliphatic carbocycles. The summed E-state index contributed by atoms with van der Waals surface area (Å²) < 4.78 is 15.5. The van der Waals surface area contributed by atoms with Crippen molar-refractivity contribution >= 4 is 18.7 Å². The molecule has 1 aromatic carbocycles. The first-order valence-corrected chi connectivity index (χ1v) is 7.33. The van der Waals surface area contributed by atoms with Gasteiger partial charge in [0.2, 0.25) is 0 Å². The average Bonchev–Trinajstić information content (AvgIpc) is 2.68. The molecule has 0 spiro atoms. The lowest BCUT2D eigenvalue weighted by Crippen LogP contribution is -2.15. The Labute approximate surface area is 111 Å². The maximum Gasteiger partial charge on any atom is 0.317 e. The third-order valence-corrected chi connectivity index (χ3v) is 3.22. The Morgan fingerprint density at radius 1 is 1.47 bits per heavy atom. The van der Waals surface area contributed by atoms with Crippen LogP contribution in [0.3, 0.4) is 0 Å². The second-order valence-electron chi connectivity index (χ2n) is 4.61. The van der Waals surface area contributed by atoms with Crippen molar-refractivity contribution in [2.45, 2.75) is 6.42 Å². The van der Waals surface area contributed by atoms with Crippen molar-refractivity contribution in [3.8, 4) is 5.75 Å². The number of nitrogens with zero attached hydrogens (tertiary/aromatic N) is 1. The topological polar surface area (TPSA) is 88.6 Å². The number of nitrogens with one attached hydrogen (secondary N) is 1. The van der Waals surface area contributed by atoms with Gasteiger partial charge in [-0.3, -0.25) is 4.57 Å². The standard InChI is InChI=1S/C12H17N2O4P/c1-14(2)7-6-9-8-13-10-4-3-5-11(12(9)10)18-19(15,16)17/h3-5,8,13H,6-7H2,1-2H3,(H2,15,16,17)/p-1. The number of rotatable bonds is 5. The number of phosphoric ester groups is 1. The van der Waals surface area contributed by atoms with Crippen molar-refractivity contribution in [2.75, 3.05) is 20.6 Å². The minimum atomic E-state index is -4.80. The van der Waals surface area contributed by atoms with E-state index in [4.69, 9.17) is 4.89 Å². The summed E-state index contributed by atoms with van der Waals surface area (Å²) in [6, 6.07) is 5.02. The Bertz CT molecular complexity index is 617. The van der Waals surface area contributed by atoms with E-state index in [1.807, 2.05) is 31.3 Å². The highest BCUT2D eigenvalue weighted by Gasteiger charge is 2.13. The normalized spacial score (nSPS) is 14.8. The van der Waals surface area contributed by atoms with E-state index in [1.165, 1.54) is 6.07 Å². The van der Waals surface area contributed by atoms with Crippen molar-refractivity contribution in [1.82, 2.24) is 9.88 Å². The fraction of sp³-hybridized carbons (Fsp3) is 0.333. The van der Waals surface area contributed by atoms with E-state index >= 15 is 0 Å². The van der Waals surface area contributed by atoms with Gasteiger partial charge in [0.25, 0.3) is 0 Å². The third kappa shape index (κ3) is 3.58. The van der Waals surface area contributed by atoms with Crippen LogP contribution in [0.5, 0.6) is 5.75 Å². The molecule has 0 bridgehead atoms. The second-order valence-corrected chi connectivity index (χ2v) is 5.73. The van der Waals surface area contributed by atoms with Crippen LogP contribution >= 0.6 is 7.82 Å². The number of aromatic nitrogens is 1. The summed E-state index contributed by atoms with van der Waals surface area (Å²) in [6.45, 7) is 0.829. The monoisotopic (exact) mass is 283 g/mol. The molecule has 0 aliphatic rings. The fourth-order valence-corrected chi connectivity index (χ4v) is 2.36. The van der Waals surface area contributed by atoms with Crippen LogP contribution in [-0.4, -0.2) is 35.4 Å². The first-order valence-electron chi connectivity index (χ1n) is 5.84. The summed E-state index contributed by atoms with van der Waals surface area (Å²) >= 11 is 0. The summed E-state index contributed by atoms with van der Waals surface area (Å²) in [5, 5.41) is 0.689. The zero-order valence-corrected chi connectivity index (χ0v) is 11.7. The summed E-state index contributed by atoms with van der Waals surface area (Å²) in [6.07, 6.45) is 2.58. The Balaban J connectivity index is 2.40. The number of H-pyrrole nitrogens is 1. The van der Waals surface area contributed by atoms with E-state index in [-0.39, 0.29) is 5.75 Å². The molecule has 1 unspecified atom stereocenters.